The van der Waals surface area contributed by atoms with Gasteiger partial charge in [-0.15, -0.1) is 0 Å². The molecule has 10 heteroatoms. The molecule has 0 aliphatic carbocycles. The van der Waals surface area contributed by atoms with Gasteiger partial charge in [-0.3, -0.25) is 0 Å². The number of sulfonamides is 1. The van der Waals surface area contributed by atoms with Gasteiger partial charge in [-0.05, 0) is 36.2 Å². The number of ether oxygens (including phenoxy) is 2. The summed E-state index contributed by atoms with van der Waals surface area (Å²) in [4.78, 5) is 12.4. The van der Waals surface area contributed by atoms with Crippen molar-refractivity contribution < 1.29 is 22.7 Å². The molecule has 0 spiro atoms. The molecule has 2 aromatic rings. The van der Waals surface area contributed by atoms with E-state index in [1.54, 1.807) is 7.11 Å². The number of halogens is 1. The van der Waals surface area contributed by atoms with Gasteiger partial charge in [0.1, 0.15) is 5.75 Å². The lowest BCUT2D eigenvalue weighted by atomic mass is 10.1. The molecule has 3 rings (SSSR count). The van der Waals surface area contributed by atoms with E-state index in [4.69, 9.17) is 21.1 Å². The van der Waals surface area contributed by atoms with Crippen LogP contribution in [0.4, 0.5) is 10.5 Å². The maximum Gasteiger partial charge on any atom is 0.319 e. The van der Waals surface area contributed by atoms with Crippen LogP contribution < -0.4 is 15.4 Å². The highest BCUT2D eigenvalue weighted by molar-refractivity contribution is 7.89. The van der Waals surface area contributed by atoms with Gasteiger partial charge in [0.05, 0.1) is 35.9 Å². The lowest BCUT2D eigenvalue weighted by molar-refractivity contribution is 0.0730. The molecule has 0 saturated carbocycles. The lowest BCUT2D eigenvalue weighted by Gasteiger charge is -2.26. The predicted molar refractivity (Wildman–Crippen MR) is 115 cm³/mol. The number of carbonyl (C=O) groups excluding carboxylic acids is 1. The average molecular weight is 454 g/mol. The Morgan fingerprint density at radius 3 is 2.67 bits per heavy atom. The van der Waals surface area contributed by atoms with Gasteiger partial charge in [0.25, 0.3) is 0 Å². The van der Waals surface area contributed by atoms with E-state index in [0.717, 1.165) is 11.3 Å². The number of amides is 2. The highest BCUT2D eigenvalue weighted by atomic mass is 35.5. The van der Waals surface area contributed by atoms with Gasteiger partial charge >= 0.3 is 6.03 Å². The number of para-hydroxylation sites is 1. The molecule has 1 aliphatic rings. The van der Waals surface area contributed by atoms with Crippen LogP contribution in [0.25, 0.3) is 0 Å². The molecule has 8 nitrogen and oxygen atoms in total. The van der Waals surface area contributed by atoms with E-state index in [-0.39, 0.29) is 28.7 Å². The van der Waals surface area contributed by atoms with Crippen LogP contribution in [-0.4, -0.2) is 58.7 Å². The van der Waals surface area contributed by atoms with Gasteiger partial charge in [-0.25, -0.2) is 13.2 Å². The minimum atomic E-state index is -3.69. The van der Waals surface area contributed by atoms with E-state index in [0.29, 0.717) is 26.2 Å². The number of nitrogens with zero attached hydrogens (tertiary/aromatic N) is 1. The SMILES string of the molecule is COc1ccccc1CCNC(=O)Nc1cc(S(=O)(=O)N2CCOCC2)ccc1Cl. The topological polar surface area (TPSA) is 97.0 Å². The Bertz CT molecular complexity index is 994. The maximum absolute atomic E-state index is 12.8. The van der Waals surface area contributed by atoms with Crippen LogP contribution in [0.3, 0.4) is 0 Å². The molecule has 0 unspecified atom stereocenters. The lowest BCUT2D eigenvalue weighted by Crippen LogP contribution is -2.40. The number of nitrogens with one attached hydrogen (secondary N) is 2. The second kappa shape index (κ2) is 10.1. The molecule has 1 heterocycles. The van der Waals surface area contributed by atoms with Crippen LogP contribution in [0, 0.1) is 0 Å². The van der Waals surface area contributed by atoms with Gasteiger partial charge < -0.3 is 20.1 Å². The first-order valence-electron chi connectivity index (χ1n) is 9.46. The predicted octanol–water partition coefficient (Wildman–Crippen LogP) is 2.73. The van der Waals surface area contributed by atoms with Crippen molar-refractivity contribution in [2.45, 2.75) is 11.3 Å². The highest BCUT2D eigenvalue weighted by Crippen LogP contribution is 2.27. The summed E-state index contributed by atoms with van der Waals surface area (Å²) >= 11 is 6.16. The average Bonchev–Trinajstić information content (AvgIpc) is 2.76. The minimum absolute atomic E-state index is 0.0677. The molecule has 0 bridgehead atoms. The number of urea groups is 1. The van der Waals surface area contributed by atoms with Crippen molar-refractivity contribution in [2.75, 3.05) is 45.3 Å². The zero-order valence-corrected chi connectivity index (χ0v) is 18.1. The fraction of sp³-hybridized carbons (Fsp3) is 0.350. The van der Waals surface area contributed by atoms with Gasteiger partial charge in [0.2, 0.25) is 10.0 Å². The Labute approximate surface area is 181 Å². The van der Waals surface area contributed by atoms with Crippen molar-refractivity contribution in [3.8, 4) is 5.75 Å². The minimum Gasteiger partial charge on any atom is -0.496 e. The fourth-order valence-electron chi connectivity index (χ4n) is 3.08. The monoisotopic (exact) mass is 453 g/mol. The van der Waals surface area contributed by atoms with Crippen molar-refractivity contribution in [1.82, 2.24) is 9.62 Å². The number of hydrogen-bond donors (Lipinski definition) is 2. The first kappa shape index (κ1) is 22.4. The van der Waals surface area contributed by atoms with Gasteiger partial charge in [0, 0.05) is 19.6 Å². The van der Waals surface area contributed by atoms with Crippen LogP contribution in [0.1, 0.15) is 5.56 Å². The summed E-state index contributed by atoms with van der Waals surface area (Å²) < 4.78 is 37.5. The van der Waals surface area contributed by atoms with E-state index in [9.17, 15) is 13.2 Å². The van der Waals surface area contributed by atoms with Crippen LogP contribution in [-0.2, 0) is 21.2 Å². The summed E-state index contributed by atoms with van der Waals surface area (Å²) in [6.45, 7) is 1.66. The van der Waals surface area contributed by atoms with Crippen molar-refractivity contribution in [1.29, 1.82) is 0 Å². The van der Waals surface area contributed by atoms with Gasteiger partial charge in [-0.1, -0.05) is 29.8 Å². The highest BCUT2D eigenvalue weighted by Gasteiger charge is 2.27. The molecular weight excluding hydrogens is 430 g/mol. The Hall–Kier alpha value is -2.33. The summed E-state index contributed by atoms with van der Waals surface area (Å²) in [6, 6.07) is 11.3. The third kappa shape index (κ3) is 5.42. The van der Waals surface area contributed by atoms with Crippen molar-refractivity contribution in [2.24, 2.45) is 0 Å². The molecule has 1 saturated heterocycles. The van der Waals surface area contributed by atoms with Crippen LogP contribution in [0.5, 0.6) is 5.75 Å². The van der Waals surface area contributed by atoms with Gasteiger partial charge in [0.15, 0.2) is 0 Å². The molecule has 0 aromatic heterocycles. The molecule has 2 aromatic carbocycles. The number of anilines is 1. The summed E-state index contributed by atoms with van der Waals surface area (Å²) in [5.41, 5.74) is 1.19. The normalized spacial score (nSPS) is 14.9. The standard InChI is InChI=1S/C20H24ClN3O5S/c1-28-19-5-3-2-4-15(19)8-9-22-20(25)23-18-14-16(6-7-17(18)21)30(26,27)24-10-12-29-13-11-24/h2-7,14H,8-13H2,1H3,(H2,22,23,25). The van der Waals surface area contributed by atoms with E-state index in [1.807, 2.05) is 24.3 Å². The summed E-state index contributed by atoms with van der Waals surface area (Å²) in [6.07, 6.45) is 0.580. The molecule has 1 fully saturated rings. The smallest absolute Gasteiger partial charge is 0.319 e. The van der Waals surface area contributed by atoms with E-state index < -0.39 is 16.1 Å². The largest absolute Gasteiger partial charge is 0.496 e. The van der Waals surface area contributed by atoms with E-state index in [2.05, 4.69) is 10.6 Å². The number of benzene rings is 2. The molecule has 2 N–H and O–H groups in total. The third-order valence-electron chi connectivity index (χ3n) is 4.67. The molecule has 162 valence electrons. The Kier molecular flexibility index (Phi) is 7.54. The Balaban J connectivity index is 1.63. The van der Waals surface area contributed by atoms with Crippen LogP contribution in [0.2, 0.25) is 5.02 Å². The van der Waals surface area contributed by atoms with Gasteiger partial charge in [-0.2, -0.15) is 4.31 Å². The first-order valence-corrected chi connectivity index (χ1v) is 11.3. The molecule has 1 aliphatic heterocycles. The Morgan fingerprint density at radius 2 is 1.93 bits per heavy atom. The molecular formula is C20H24ClN3O5S. The number of rotatable bonds is 7. The number of hydrogen-bond acceptors (Lipinski definition) is 5. The maximum atomic E-state index is 12.8. The molecule has 30 heavy (non-hydrogen) atoms. The van der Waals surface area contributed by atoms with Crippen molar-refractivity contribution >= 4 is 33.3 Å². The second-order valence-corrected chi connectivity index (χ2v) is 8.95. The molecule has 2 amide bonds. The fourth-order valence-corrected chi connectivity index (χ4v) is 4.68. The van der Waals surface area contributed by atoms with E-state index in [1.165, 1.54) is 22.5 Å². The zero-order chi connectivity index (χ0) is 21.6. The molecule has 0 atom stereocenters. The number of methoxy groups -OCH3 is 1. The van der Waals surface area contributed by atoms with Crippen molar-refractivity contribution in [3.63, 3.8) is 0 Å². The zero-order valence-electron chi connectivity index (χ0n) is 16.6. The van der Waals surface area contributed by atoms with Crippen molar-refractivity contribution in [3.05, 3.63) is 53.1 Å². The molecule has 0 radical (unpaired) electrons. The first-order chi connectivity index (χ1) is 14.4. The Morgan fingerprint density at radius 1 is 1.20 bits per heavy atom. The summed E-state index contributed by atoms with van der Waals surface area (Å²) in [5, 5.41) is 5.60. The second-order valence-electron chi connectivity index (χ2n) is 6.60. The quantitative estimate of drug-likeness (QED) is 0.671. The van der Waals surface area contributed by atoms with Crippen LogP contribution >= 0.6 is 11.6 Å². The summed E-state index contributed by atoms with van der Waals surface area (Å²) in [5.74, 6) is 0.753. The third-order valence-corrected chi connectivity index (χ3v) is 6.89. The number of morpholine rings is 1. The van der Waals surface area contributed by atoms with Crippen LogP contribution in [0.15, 0.2) is 47.4 Å². The van der Waals surface area contributed by atoms with E-state index >= 15 is 0 Å². The summed E-state index contributed by atoms with van der Waals surface area (Å²) in [7, 11) is -2.09. The number of carbonyl (C=O) groups is 1.